The summed E-state index contributed by atoms with van der Waals surface area (Å²) >= 11 is 0. The molecule has 0 aliphatic heterocycles. The van der Waals surface area contributed by atoms with Gasteiger partial charge in [-0.1, -0.05) is 44.2 Å². The fourth-order valence-corrected chi connectivity index (χ4v) is 2.42. The predicted octanol–water partition coefficient (Wildman–Crippen LogP) is 6.09. The van der Waals surface area contributed by atoms with Crippen LogP contribution in [0.2, 0.25) is 0 Å². The summed E-state index contributed by atoms with van der Waals surface area (Å²) in [5.74, 6) is 2.31. The molecule has 0 saturated heterocycles. The lowest BCUT2D eigenvalue weighted by Crippen LogP contribution is -2.21. The molecule has 0 amide bonds. The minimum Gasteiger partial charge on any atom is -0.457 e. The third kappa shape index (κ3) is 3.84. The third-order valence-electron chi connectivity index (χ3n) is 4.21. The number of nitrogens with one attached hydrogen (secondary N) is 1. The van der Waals surface area contributed by atoms with Crippen LogP contribution in [0.4, 0.5) is 5.69 Å². The normalized spacial score (nSPS) is 12.3. The van der Waals surface area contributed by atoms with Crippen molar-refractivity contribution in [1.29, 1.82) is 0 Å². The van der Waals surface area contributed by atoms with E-state index in [0.29, 0.717) is 12.0 Å². The Hall–Kier alpha value is -2.48. The highest BCUT2D eigenvalue weighted by molar-refractivity contribution is 5.83. The molecular weight excluding hydrogens is 282 g/mol. The van der Waals surface area contributed by atoms with Crippen LogP contribution < -0.4 is 10.1 Å². The molecule has 0 bridgehead atoms. The zero-order valence-corrected chi connectivity index (χ0v) is 13.9. The molecule has 0 spiro atoms. The topological polar surface area (TPSA) is 21.3 Å². The van der Waals surface area contributed by atoms with Gasteiger partial charge in [-0.15, -0.1) is 0 Å². The van der Waals surface area contributed by atoms with E-state index in [1.165, 1.54) is 10.8 Å². The largest absolute Gasteiger partial charge is 0.457 e. The van der Waals surface area contributed by atoms with Gasteiger partial charge < -0.3 is 10.1 Å². The van der Waals surface area contributed by atoms with Gasteiger partial charge in [-0.25, -0.2) is 0 Å². The van der Waals surface area contributed by atoms with Crippen LogP contribution in [0.25, 0.3) is 10.8 Å². The Morgan fingerprint density at radius 3 is 2.09 bits per heavy atom. The summed E-state index contributed by atoms with van der Waals surface area (Å²) in [5.41, 5.74) is 1.12. The number of benzene rings is 3. The predicted molar refractivity (Wildman–Crippen MR) is 98.4 cm³/mol. The molecule has 1 unspecified atom stereocenters. The summed E-state index contributed by atoms with van der Waals surface area (Å²) in [6, 6.07) is 23.1. The number of hydrogen-bond acceptors (Lipinski definition) is 2. The molecule has 1 atom stereocenters. The van der Waals surface area contributed by atoms with Crippen LogP contribution in [-0.2, 0) is 0 Å². The van der Waals surface area contributed by atoms with E-state index in [2.05, 4.69) is 62.5 Å². The second kappa shape index (κ2) is 6.74. The van der Waals surface area contributed by atoms with Gasteiger partial charge in [0.1, 0.15) is 11.5 Å². The van der Waals surface area contributed by atoms with Gasteiger partial charge in [0.05, 0.1) is 0 Å². The van der Waals surface area contributed by atoms with Crippen molar-refractivity contribution in [1.82, 2.24) is 0 Å². The molecule has 23 heavy (non-hydrogen) atoms. The lowest BCUT2D eigenvalue weighted by Gasteiger charge is -2.19. The van der Waals surface area contributed by atoms with Crippen molar-refractivity contribution in [2.75, 3.05) is 5.32 Å². The van der Waals surface area contributed by atoms with Crippen molar-refractivity contribution in [3.63, 3.8) is 0 Å². The summed E-state index contributed by atoms with van der Waals surface area (Å²) in [5, 5.41) is 5.91. The Balaban J connectivity index is 1.72. The molecular formula is C21H23NO. The maximum absolute atomic E-state index is 5.97. The molecule has 0 aliphatic carbocycles. The van der Waals surface area contributed by atoms with Gasteiger partial charge in [0.15, 0.2) is 0 Å². The lowest BCUT2D eigenvalue weighted by atomic mass is 10.1. The molecule has 0 radical (unpaired) electrons. The van der Waals surface area contributed by atoms with Crippen molar-refractivity contribution in [2.45, 2.75) is 26.8 Å². The fraction of sp³-hybridized carbons (Fsp3) is 0.238. The van der Waals surface area contributed by atoms with Crippen LogP contribution in [-0.4, -0.2) is 6.04 Å². The van der Waals surface area contributed by atoms with Crippen LogP contribution in [0.1, 0.15) is 20.8 Å². The lowest BCUT2D eigenvalue weighted by molar-refractivity contribution is 0.483. The van der Waals surface area contributed by atoms with E-state index in [0.717, 1.165) is 17.2 Å². The van der Waals surface area contributed by atoms with Gasteiger partial charge in [-0.2, -0.15) is 0 Å². The molecule has 2 nitrogen and oxygen atoms in total. The summed E-state index contributed by atoms with van der Waals surface area (Å²) in [6.07, 6.45) is 0. The molecule has 3 aromatic rings. The first-order valence-electron chi connectivity index (χ1n) is 8.15. The van der Waals surface area contributed by atoms with Crippen molar-refractivity contribution in [3.05, 3.63) is 66.7 Å². The Labute approximate surface area is 138 Å². The van der Waals surface area contributed by atoms with Gasteiger partial charge in [0.2, 0.25) is 0 Å². The molecule has 0 fully saturated rings. The van der Waals surface area contributed by atoms with Crippen molar-refractivity contribution < 1.29 is 4.74 Å². The first-order chi connectivity index (χ1) is 11.1. The second-order valence-electron chi connectivity index (χ2n) is 6.31. The Kier molecular flexibility index (Phi) is 4.52. The first-order valence-corrected chi connectivity index (χ1v) is 8.15. The van der Waals surface area contributed by atoms with Crippen LogP contribution in [0.3, 0.4) is 0 Å². The van der Waals surface area contributed by atoms with Crippen LogP contribution in [0.5, 0.6) is 11.5 Å². The number of hydrogen-bond donors (Lipinski definition) is 1. The molecule has 0 aliphatic rings. The molecule has 0 saturated carbocycles. The van der Waals surface area contributed by atoms with Gasteiger partial charge in [-0.05, 0) is 60.0 Å². The number of ether oxygens (including phenoxy) is 1. The van der Waals surface area contributed by atoms with Crippen molar-refractivity contribution >= 4 is 16.5 Å². The molecule has 0 heterocycles. The van der Waals surface area contributed by atoms with Gasteiger partial charge in [0, 0.05) is 11.7 Å². The molecule has 1 N–H and O–H groups in total. The highest BCUT2D eigenvalue weighted by Crippen LogP contribution is 2.26. The smallest absolute Gasteiger partial charge is 0.128 e. The van der Waals surface area contributed by atoms with E-state index in [1.807, 2.05) is 30.3 Å². The number of fused-ring (bicyclic) bond motifs is 1. The van der Waals surface area contributed by atoms with E-state index in [-0.39, 0.29) is 0 Å². The number of anilines is 1. The monoisotopic (exact) mass is 305 g/mol. The average molecular weight is 305 g/mol. The molecule has 118 valence electrons. The van der Waals surface area contributed by atoms with Crippen LogP contribution in [0, 0.1) is 5.92 Å². The van der Waals surface area contributed by atoms with Crippen molar-refractivity contribution in [3.8, 4) is 11.5 Å². The SMILES string of the molecule is CC(C)C(C)Nc1ccc(Oc2ccc3ccccc3c2)cc1. The Morgan fingerprint density at radius 2 is 1.39 bits per heavy atom. The van der Waals surface area contributed by atoms with E-state index >= 15 is 0 Å². The average Bonchev–Trinajstić information content (AvgIpc) is 2.56. The number of rotatable bonds is 5. The Bertz CT molecular complexity index is 777. The van der Waals surface area contributed by atoms with E-state index in [1.54, 1.807) is 0 Å². The van der Waals surface area contributed by atoms with E-state index in [4.69, 9.17) is 4.74 Å². The summed E-state index contributed by atoms with van der Waals surface area (Å²) in [4.78, 5) is 0. The summed E-state index contributed by atoms with van der Waals surface area (Å²) in [6.45, 7) is 6.63. The highest BCUT2D eigenvalue weighted by Gasteiger charge is 2.06. The molecule has 3 aromatic carbocycles. The summed E-state index contributed by atoms with van der Waals surface area (Å²) in [7, 11) is 0. The summed E-state index contributed by atoms with van der Waals surface area (Å²) < 4.78 is 5.97. The minimum absolute atomic E-state index is 0.447. The molecule has 2 heteroatoms. The minimum atomic E-state index is 0.447. The molecule has 0 aromatic heterocycles. The van der Waals surface area contributed by atoms with E-state index < -0.39 is 0 Å². The molecule has 3 rings (SSSR count). The van der Waals surface area contributed by atoms with Gasteiger partial charge >= 0.3 is 0 Å². The third-order valence-corrected chi connectivity index (χ3v) is 4.21. The highest BCUT2D eigenvalue weighted by atomic mass is 16.5. The maximum Gasteiger partial charge on any atom is 0.128 e. The second-order valence-corrected chi connectivity index (χ2v) is 6.31. The van der Waals surface area contributed by atoms with Gasteiger partial charge in [0.25, 0.3) is 0 Å². The maximum atomic E-state index is 5.97. The van der Waals surface area contributed by atoms with Crippen LogP contribution in [0.15, 0.2) is 66.7 Å². The zero-order chi connectivity index (χ0) is 16.2. The van der Waals surface area contributed by atoms with Crippen LogP contribution >= 0.6 is 0 Å². The quantitative estimate of drug-likeness (QED) is 0.616. The van der Waals surface area contributed by atoms with Crippen molar-refractivity contribution in [2.24, 2.45) is 5.92 Å². The fourth-order valence-electron chi connectivity index (χ4n) is 2.42. The Morgan fingerprint density at radius 1 is 0.739 bits per heavy atom. The standard InChI is InChI=1S/C21H23NO/c1-15(2)16(3)22-19-9-12-20(13-10-19)23-21-11-8-17-6-4-5-7-18(17)14-21/h4-16,22H,1-3H3. The first kappa shape index (κ1) is 15.4. The van der Waals surface area contributed by atoms with E-state index in [9.17, 15) is 0 Å². The van der Waals surface area contributed by atoms with Gasteiger partial charge in [-0.3, -0.25) is 0 Å². The zero-order valence-electron chi connectivity index (χ0n) is 13.9.